The number of aliphatic hydroxyl groups is 1. The second kappa shape index (κ2) is 5.44. The smallest absolute Gasteiger partial charge is 0.259 e. The summed E-state index contributed by atoms with van der Waals surface area (Å²) in [6, 6.07) is 1.85. The molecule has 1 atom stereocenters. The number of carbonyl (C=O) groups excluding carboxylic acids is 1. The predicted molar refractivity (Wildman–Crippen MR) is 77.1 cm³/mol. The number of hydrogen-bond acceptors (Lipinski definition) is 5. The van der Waals surface area contributed by atoms with Gasteiger partial charge in [-0.2, -0.15) is 0 Å². The number of amides is 1. The molecule has 6 heteroatoms. The molecule has 1 unspecified atom stereocenters. The molecule has 0 spiro atoms. The molecule has 0 aliphatic heterocycles. The van der Waals surface area contributed by atoms with Gasteiger partial charge in [0.25, 0.3) is 11.6 Å². The van der Waals surface area contributed by atoms with Gasteiger partial charge in [0, 0.05) is 24.8 Å². The molecular formula is C15H19N3O3. The van der Waals surface area contributed by atoms with E-state index in [1.54, 1.807) is 6.92 Å². The summed E-state index contributed by atoms with van der Waals surface area (Å²) in [6.07, 6.45) is 2.21. The Morgan fingerprint density at radius 3 is 3.00 bits per heavy atom. The van der Waals surface area contributed by atoms with E-state index < -0.39 is 0 Å². The van der Waals surface area contributed by atoms with Gasteiger partial charge in [-0.1, -0.05) is 12.1 Å². The normalized spacial score (nSPS) is 16.1. The zero-order valence-electron chi connectivity index (χ0n) is 12.2. The number of rotatable bonds is 5. The Hall–Kier alpha value is -1.95. The van der Waals surface area contributed by atoms with Crippen molar-refractivity contribution in [3.8, 4) is 0 Å². The van der Waals surface area contributed by atoms with Gasteiger partial charge in [0.15, 0.2) is 0 Å². The van der Waals surface area contributed by atoms with E-state index >= 15 is 0 Å². The Morgan fingerprint density at radius 2 is 2.33 bits per heavy atom. The lowest BCUT2D eigenvalue weighted by atomic mass is 10.1. The molecule has 2 aromatic heterocycles. The van der Waals surface area contributed by atoms with E-state index in [4.69, 9.17) is 9.63 Å². The number of carbonyl (C=O) groups is 1. The highest BCUT2D eigenvalue weighted by Crippen LogP contribution is 2.40. The van der Waals surface area contributed by atoms with Gasteiger partial charge in [0.05, 0.1) is 16.6 Å². The number of aromatic nitrogens is 2. The molecule has 0 bridgehead atoms. The molecule has 112 valence electrons. The van der Waals surface area contributed by atoms with Crippen LogP contribution in [0.1, 0.15) is 47.4 Å². The number of aliphatic hydroxyl groups excluding tert-OH is 1. The third kappa shape index (κ3) is 2.76. The fraction of sp³-hybridized carbons (Fsp3) is 0.533. The Bertz CT molecular complexity index is 676. The molecule has 1 aliphatic rings. The minimum absolute atomic E-state index is 0.0257. The van der Waals surface area contributed by atoms with Crippen molar-refractivity contribution in [2.45, 2.75) is 32.6 Å². The molecular weight excluding hydrogens is 270 g/mol. The van der Waals surface area contributed by atoms with Gasteiger partial charge >= 0.3 is 0 Å². The lowest BCUT2D eigenvalue weighted by Crippen LogP contribution is -2.29. The zero-order chi connectivity index (χ0) is 15.0. The monoisotopic (exact) mass is 289 g/mol. The molecule has 2 heterocycles. The number of fused-ring (bicyclic) bond motifs is 1. The summed E-state index contributed by atoms with van der Waals surface area (Å²) < 4.78 is 5.22. The molecule has 0 radical (unpaired) electrons. The van der Waals surface area contributed by atoms with Crippen molar-refractivity contribution >= 4 is 17.0 Å². The predicted octanol–water partition coefficient (Wildman–Crippen LogP) is 1.77. The highest BCUT2D eigenvalue weighted by molar-refractivity contribution is 6.06. The first kappa shape index (κ1) is 14.0. The van der Waals surface area contributed by atoms with Gasteiger partial charge in [-0.25, -0.2) is 4.98 Å². The Balaban J connectivity index is 1.95. The average Bonchev–Trinajstić information content (AvgIpc) is 3.28. The summed E-state index contributed by atoms with van der Waals surface area (Å²) in [4.78, 5) is 16.9. The van der Waals surface area contributed by atoms with Crippen molar-refractivity contribution in [2.24, 2.45) is 5.92 Å². The SMILES string of the molecule is Cc1noc2nc(C3CC3)cc(C(=O)NCC(C)CO)c12. The van der Waals surface area contributed by atoms with Gasteiger partial charge in [-0.15, -0.1) is 0 Å². The molecule has 2 N–H and O–H groups in total. The van der Waals surface area contributed by atoms with Crippen LogP contribution < -0.4 is 5.32 Å². The number of nitrogens with zero attached hydrogens (tertiary/aromatic N) is 2. The molecule has 6 nitrogen and oxygen atoms in total. The largest absolute Gasteiger partial charge is 0.396 e. The minimum atomic E-state index is -0.170. The molecule has 1 fully saturated rings. The second-order valence-electron chi connectivity index (χ2n) is 5.81. The number of aryl methyl sites for hydroxylation is 1. The van der Waals surface area contributed by atoms with Crippen molar-refractivity contribution in [3.05, 3.63) is 23.0 Å². The lowest BCUT2D eigenvalue weighted by Gasteiger charge is -2.11. The average molecular weight is 289 g/mol. The number of pyridine rings is 1. The maximum Gasteiger partial charge on any atom is 0.259 e. The summed E-state index contributed by atoms with van der Waals surface area (Å²) in [5.41, 5.74) is 2.56. The van der Waals surface area contributed by atoms with Crippen molar-refractivity contribution < 1.29 is 14.4 Å². The molecule has 2 aromatic rings. The van der Waals surface area contributed by atoms with E-state index in [2.05, 4.69) is 15.5 Å². The third-order valence-electron chi connectivity index (χ3n) is 3.80. The third-order valence-corrected chi connectivity index (χ3v) is 3.80. The van der Waals surface area contributed by atoms with Crippen LogP contribution in [0.4, 0.5) is 0 Å². The number of nitrogens with one attached hydrogen (secondary N) is 1. The van der Waals surface area contributed by atoms with Crippen molar-refractivity contribution in [1.82, 2.24) is 15.5 Å². The fourth-order valence-corrected chi connectivity index (χ4v) is 2.31. The topological polar surface area (TPSA) is 88.2 Å². The molecule has 0 saturated heterocycles. The van der Waals surface area contributed by atoms with Crippen LogP contribution in [0.3, 0.4) is 0 Å². The Morgan fingerprint density at radius 1 is 1.57 bits per heavy atom. The lowest BCUT2D eigenvalue weighted by molar-refractivity contribution is 0.0943. The van der Waals surface area contributed by atoms with Crippen LogP contribution in [-0.4, -0.2) is 34.3 Å². The van der Waals surface area contributed by atoms with Gasteiger partial charge < -0.3 is 14.9 Å². The first-order chi connectivity index (χ1) is 10.1. The Kier molecular flexibility index (Phi) is 3.63. The Labute approximate surface area is 122 Å². The number of hydrogen-bond donors (Lipinski definition) is 2. The summed E-state index contributed by atoms with van der Waals surface area (Å²) in [6.45, 7) is 4.16. The second-order valence-corrected chi connectivity index (χ2v) is 5.81. The zero-order valence-corrected chi connectivity index (χ0v) is 12.2. The van der Waals surface area contributed by atoms with Crippen LogP contribution >= 0.6 is 0 Å². The van der Waals surface area contributed by atoms with Crippen LogP contribution in [0.25, 0.3) is 11.1 Å². The summed E-state index contributed by atoms with van der Waals surface area (Å²) in [5.74, 6) is 0.288. The van der Waals surface area contributed by atoms with E-state index in [-0.39, 0.29) is 18.4 Å². The van der Waals surface area contributed by atoms with Gasteiger partial charge in [0.1, 0.15) is 0 Å². The maximum atomic E-state index is 12.4. The molecule has 1 amide bonds. The molecule has 21 heavy (non-hydrogen) atoms. The first-order valence-corrected chi connectivity index (χ1v) is 7.26. The van der Waals surface area contributed by atoms with Crippen molar-refractivity contribution in [1.29, 1.82) is 0 Å². The molecule has 1 aliphatic carbocycles. The van der Waals surface area contributed by atoms with Crippen molar-refractivity contribution in [2.75, 3.05) is 13.2 Å². The molecule has 0 aromatic carbocycles. The molecule has 3 rings (SSSR count). The van der Waals surface area contributed by atoms with E-state index in [1.165, 1.54) is 0 Å². The summed E-state index contributed by atoms with van der Waals surface area (Å²) in [5, 5.41) is 16.5. The van der Waals surface area contributed by atoms with E-state index in [1.807, 2.05) is 13.0 Å². The standard InChI is InChI=1S/C15H19N3O3/c1-8(7-19)6-16-14(20)11-5-12(10-3-4-10)17-15-13(11)9(2)18-21-15/h5,8,10,19H,3-4,6-7H2,1-2H3,(H,16,20). The van der Waals surface area contributed by atoms with E-state index in [0.717, 1.165) is 18.5 Å². The van der Waals surface area contributed by atoms with E-state index in [9.17, 15) is 4.79 Å². The van der Waals surface area contributed by atoms with Crippen LogP contribution in [0, 0.1) is 12.8 Å². The first-order valence-electron chi connectivity index (χ1n) is 7.26. The van der Waals surface area contributed by atoms with Gasteiger partial charge in [-0.05, 0) is 31.7 Å². The summed E-state index contributed by atoms with van der Waals surface area (Å²) >= 11 is 0. The highest BCUT2D eigenvalue weighted by Gasteiger charge is 2.28. The van der Waals surface area contributed by atoms with Crippen LogP contribution in [0.15, 0.2) is 10.6 Å². The molecule has 1 saturated carbocycles. The van der Waals surface area contributed by atoms with Gasteiger partial charge in [-0.3, -0.25) is 4.79 Å². The van der Waals surface area contributed by atoms with Crippen LogP contribution in [0.5, 0.6) is 0 Å². The maximum absolute atomic E-state index is 12.4. The highest BCUT2D eigenvalue weighted by atomic mass is 16.5. The van der Waals surface area contributed by atoms with Crippen LogP contribution in [-0.2, 0) is 0 Å². The summed E-state index contributed by atoms with van der Waals surface area (Å²) in [7, 11) is 0. The van der Waals surface area contributed by atoms with Crippen LogP contribution in [0.2, 0.25) is 0 Å². The van der Waals surface area contributed by atoms with Crippen molar-refractivity contribution in [3.63, 3.8) is 0 Å². The van der Waals surface area contributed by atoms with Gasteiger partial charge in [0.2, 0.25) is 0 Å². The fourth-order valence-electron chi connectivity index (χ4n) is 2.31. The minimum Gasteiger partial charge on any atom is -0.396 e. The van der Waals surface area contributed by atoms with E-state index in [0.29, 0.717) is 34.8 Å². The quantitative estimate of drug-likeness (QED) is 0.875.